The molecule has 0 atom stereocenters. The zero-order valence-corrected chi connectivity index (χ0v) is 15.6. The van der Waals surface area contributed by atoms with Crippen LogP contribution in [-0.2, 0) is 9.59 Å². The predicted octanol–water partition coefficient (Wildman–Crippen LogP) is 1.88. The first kappa shape index (κ1) is 20.9. The van der Waals surface area contributed by atoms with E-state index < -0.39 is 44.7 Å². The van der Waals surface area contributed by atoms with Crippen molar-refractivity contribution in [2.75, 3.05) is 12.0 Å². The number of aromatic hydroxyl groups is 1. The SMILES string of the molecule is COc1cc(/C=C2\C(=O)NC(=O)N(c3cccc([N+](=O)[O-])c3)C2=O)cc([N+](=O)[O-])c1O. The van der Waals surface area contributed by atoms with E-state index >= 15 is 0 Å². The van der Waals surface area contributed by atoms with E-state index in [4.69, 9.17) is 4.74 Å². The Morgan fingerprint density at radius 3 is 2.42 bits per heavy atom. The number of ether oxygens (including phenoxy) is 1. The fourth-order valence-corrected chi connectivity index (χ4v) is 2.80. The summed E-state index contributed by atoms with van der Waals surface area (Å²) in [5.74, 6) is -3.21. The molecule has 4 amide bonds. The van der Waals surface area contributed by atoms with Gasteiger partial charge in [-0.3, -0.25) is 35.1 Å². The van der Waals surface area contributed by atoms with E-state index in [1.165, 1.54) is 12.1 Å². The molecule has 1 aliphatic rings. The minimum Gasteiger partial charge on any atom is -0.500 e. The van der Waals surface area contributed by atoms with Crippen LogP contribution in [0.15, 0.2) is 42.0 Å². The standard InChI is InChI=1S/C18H12N4O9/c1-31-14-7-9(6-13(15(14)23)22(29)30)5-12-16(24)19-18(26)20(17(12)25)10-3-2-4-11(8-10)21(27)28/h2-8,23H,1H3,(H,19,24,26)/b12-5+. The number of carbonyl (C=O) groups is 3. The molecule has 0 aromatic heterocycles. The minimum absolute atomic E-state index is 0.0480. The highest BCUT2D eigenvalue weighted by molar-refractivity contribution is 6.39. The molecule has 31 heavy (non-hydrogen) atoms. The number of carbonyl (C=O) groups excluding carboxylic acids is 3. The molecule has 1 heterocycles. The topological polar surface area (TPSA) is 182 Å². The molecule has 1 aliphatic heterocycles. The van der Waals surface area contributed by atoms with Gasteiger partial charge < -0.3 is 9.84 Å². The number of nitro groups is 2. The predicted molar refractivity (Wildman–Crippen MR) is 103 cm³/mol. The molecule has 0 saturated carbocycles. The molecule has 1 fully saturated rings. The fraction of sp³-hybridized carbons (Fsp3) is 0.0556. The molecule has 2 aromatic carbocycles. The van der Waals surface area contributed by atoms with E-state index in [2.05, 4.69) is 0 Å². The van der Waals surface area contributed by atoms with Gasteiger partial charge in [0.25, 0.3) is 17.5 Å². The molecule has 0 unspecified atom stereocenters. The number of rotatable bonds is 5. The first-order valence-corrected chi connectivity index (χ1v) is 8.35. The van der Waals surface area contributed by atoms with Gasteiger partial charge in [-0.15, -0.1) is 0 Å². The van der Waals surface area contributed by atoms with E-state index in [9.17, 15) is 39.7 Å². The van der Waals surface area contributed by atoms with Gasteiger partial charge in [-0.1, -0.05) is 6.07 Å². The summed E-state index contributed by atoms with van der Waals surface area (Å²) in [5, 5.41) is 33.9. The molecule has 0 spiro atoms. The number of amides is 4. The lowest BCUT2D eigenvalue weighted by Gasteiger charge is -2.26. The Balaban J connectivity index is 2.10. The third-order valence-corrected chi connectivity index (χ3v) is 4.21. The quantitative estimate of drug-likeness (QED) is 0.311. The maximum absolute atomic E-state index is 12.9. The van der Waals surface area contributed by atoms with Crippen molar-refractivity contribution in [3.05, 3.63) is 67.8 Å². The summed E-state index contributed by atoms with van der Waals surface area (Å²) < 4.78 is 4.86. The Bertz CT molecular complexity index is 1190. The highest BCUT2D eigenvalue weighted by atomic mass is 16.6. The number of benzene rings is 2. The fourth-order valence-electron chi connectivity index (χ4n) is 2.80. The van der Waals surface area contributed by atoms with Crippen LogP contribution < -0.4 is 15.0 Å². The zero-order valence-electron chi connectivity index (χ0n) is 15.6. The summed E-state index contributed by atoms with van der Waals surface area (Å²) in [6, 6.07) is 5.55. The van der Waals surface area contributed by atoms with Crippen LogP contribution in [0.5, 0.6) is 11.5 Å². The van der Waals surface area contributed by atoms with Crippen molar-refractivity contribution in [2.45, 2.75) is 0 Å². The Morgan fingerprint density at radius 2 is 1.81 bits per heavy atom. The number of hydrogen-bond acceptors (Lipinski definition) is 9. The van der Waals surface area contributed by atoms with Crippen LogP contribution in [0.25, 0.3) is 6.08 Å². The average molecular weight is 428 g/mol. The van der Waals surface area contributed by atoms with Gasteiger partial charge in [0.2, 0.25) is 5.75 Å². The van der Waals surface area contributed by atoms with E-state index in [1.807, 2.05) is 5.32 Å². The van der Waals surface area contributed by atoms with Crippen molar-refractivity contribution in [3.63, 3.8) is 0 Å². The number of barbiturate groups is 1. The smallest absolute Gasteiger partial charge is 0.335 e. The molecular weight excluding hydrogens is 416 g/mol. The average Bonchev–Trinajstić information content (AvgIpc) is 2.71. The number of phenolic OH excluding ortho intramolecular Hbond substituents is 1. The van der Waals surface area contributed by atoms with Crippen LogP contribution in [0.2, 0.25) is 0 Å². The van der Waals surface area contributed by atoms with E-state index in [0.717, 1.165) is 37.5 Å². The van der Waals surface area contributed by atoms with Crippen LogP contribution in [0.3, 0.4) is 0 Å². The summed E-state index contributed by atoms with van der Waals surface area (Å²) in [4.78, 5) is 58.4. The van der Waals surface area contributed by atoms with Gasteiger partial charge >= 0.3 is 11.7 Å². The lowest BCUT2D eigenvalue weighted by molar-refractivity contribution is -0.386. The Kier molecular flexibility index (Phi) is 5.33. The van der Waals surface area contributed by atoms with Crippen LogP contribution >= 0.6 is 0 Å². The van der Waals surface area contributed by atoms with Gasteiger partial charge in [-0.25, -0.2) is 9.69 Å². The summed E-state index contributed by atoms with van der Waals surface area (Å²) in [6.45, 7) is 0. The van der Waals surface area contributed by atoms with Gasteiger partial charge in [0.15, 0.2) is 5.75 Å². The molecule has 2 N–H and O–H groups in total. The number of non-ortho nitro benzene ring substituents is 1. The Hall–Kier alpha value is -4.81. The van der Waals surface area contributed by atoms with Crippen molar-refractivity contribution in [3.8, 4) is 11.5 Å². The van der Waals surface area contributed by atoms with Crippen molar-refractivity contribution >= 4 is 41.0 Å². The number of hydrogen-bond donors (Lipinski definition) is 2. The van der Waals surface area contributed by atoms with Crippen LogP contribution in [0, 0.1) is 20.2 Å². The van der Waals surface area contributed by atoms with Gasteiger partial charge in [0.1, 0.15) is 5.57 Å². The van der Waals surface area contributed by atoms with Crippen LogP contribution in [-0.4, -0.2) is 39.9 Å². The van der Waals surface area contributed by atoms with Gasteiger partial charge in [0, 0.05) is 18.2 Å². The Morgan fingerprint density at radius 1 is 1.10 bits per heavy atom. The van der Waals surface area contributed by atoms with Gasteiger partial charge in [0.05, 0.1) is 22.6 Å². The number of nitrogens with zero attached hydrogens (tertiary/aromatic N) is 3. The number of anilines is 1. The lowest BCUT2D eigenvalue weighted by Crippen LogP contribution is -2.54. The van der Waals surface area contributed by atoms with Crippen LogP contribution in [0.1, 0.15) is 5.56 Å². The molecule has 3 rings (SSSR count). The molecule has 0 bridgehead atoms. The number of phenols is 1. The monoisotopic (exact) mass is 428 g/mol. The number of imide groups is 2. The summed E-state index contributed by atoms with van der Waals surface area (Å²) in [6.07, 6.45) is 0.962. The van der Waals surface area contributed by atoms with Gasteiger partial charge in [-0.05, 0) is 23.8 Å². The molecule has 158 valence electrons. The third kappa shape index (κ3) is 3.87. The first-order chi connectivity index (χ1) is 14.6. The molecule has 13 nitrogen and oxygen atoms in total. The maximum Gasteiger partial charge on any atom is 0.335 e. The highest BCUT2D eigenvalue weighted by Gasteiger charge is 2.37. The van der Waals surface area contributed by atoms with Crippen molar-refractivity contribution < 1.29 is 34.1 Å². The third-order valence-electron chi connectivity index (χ3n) is 4.21. The summed E-state index contributed by atoms with van der Waals surface area (Å²) >= 11 is 0. The van der Waals surface area contributed by atoms with E-state index in [1.54, 1.807) is 0 Å². The molecule has 1 saturated heterocycles. The molecule has 13 heteroatoms. The molecule has 0 aliphatic carbocycles. The second-order valence-corrected chi connectivity index (χ2v) is 6.08. The van der Waals surface area contributed by atoms with Crippen molar-refractivity contribution in [2.24, 2.45) is 0 Å². The normalized spacial score (nSPS) is 15.1. The Labute approximate surface area is 172 Å². The summed E-state index contributed by atoms with van der Waals surface area (Å²) in [5.41, 5.74) is -1.91. The molecule has 2 aromatic rings. The van der Waals surface area contributed by atoms with E-state index in [-0.39, 0.29) is 22.7 Å². The number of nitro benzene ring substituents is 2. The second-order valence-electron chi connectivity index (χ2n) is 6.08. The van der Waals surface area contributed by atoms with E-state index in [0.29, 0.717) is 4.90 Å². The molecule has 0 radical (unpaired) electrons. The lowest BCUT2D eigenvalue weighted by atomic mass is 10.1. The number of methoxy groups -OCH3 is 1. The highest BCUT2D eigenvalue weighted by Crippen LogP contribution is 2.37. The minimum atomic E-state index is -1.12. The number of urea groups is 1. The zero-order chi connectivity index (χ0) is 22.9. The van der Waals surface area contributed by atoms with Crippen molar-refractivity contribution in [1.29, 1.82) is 0 Å². The van der Waals surface area contributed by atoms with Crippen molar-refractivity contribution in [1.82, 2.24) is 5.32 Å². The maximum atomic E-state index is 12.9. The largest absolute Gasteiger partial charge is 0.500 e. The molecular formula is C18H12N4O9. The first-order valence-electron chi connectivity index (χ1n) is 8.35. The summed E-state index contributed by atoms with van der Waals surface area (Å²) in [7, 11) is 1.15. The van der Waals surface area contributed by atoms with Crippen LogP contribution in [0.4, 0.5) is 21.9 Å². The van der Waals surface area contributed by atoms with Gasteiger partial charge in [-0.2, -0.15) is 0 Å². The second kappa shape index (κ2) is 7.90. The number of nitrogens with one attached hydrogen (secondary N) is 1.